The highest BCUT2D eigenvalue weighted by molar-refractivity contribution is 5.24. The Balaban J connectivity index is 1.91. The molecule has 3 N–H and O–H groups in total. The van der Waals surface area contributed by atoms with Crippen molar-refractivity contribution in [2.45, 2.75) is 37.8 Å². The Labute approximate surface area is 83.9 Å². The SMILES string of the molecule is NC1CCCC(Nc2ncccn2)C1. The van der Waals surface area contributed by atoms with Crippen LogP contribution in [0.4, 0.5) is 5.95 Å². The first-order valence-electron chi connectivity index (χ1n) is 5.14. The molecule has 2 atom stereocenters. The quantitative estimate of drug-likeness (QED) is 0.738. The molecule has 1 aliphatic carbocycles. The summed E-state index contributed by atoms with van der Waals surface area (Å²) in [6.07, 6.45) is 8.04. The Bertz CT molecular complexity index is 275. The lowest BCUT2D eigenvalue weighted by Gasteiger charge is -2.27. The summed E-state index contributed by atoms with van der Waals surface area (Å²) in [5.74, 6) is 0.714. The van der Waals surface area contributed by atoms with E-state index in [-0.39, 0.29) is 0 Å². The van der Waals surface area contributed by atoms with E-state index < -0.39 is 0 Å². The molecule has 0 bridgehead atoms. The first-order chi connectivity index (χ1) is 6.84. The van der Waals surface area contributed by atoms with Crippen molar-refractivity contribution in [3.05, 3.63) is 18.5 Å². The molecule has 0 aliphatic heterocycles. The summed E-state index contributed by atoms with van der Waals surface area (Å²) in [5, 5.41) is 3.31. The Morgan fingerprint density at radius 1 is 1.29 bits per heavy atom. The van der Waals surface area contributed by atoms with Crippen LogP contribution in [0.1, 0.15) is 25.7 Å². The van der Waals surface area contributed by atoms with Crippen molar-refractivity contribution in [1.82, 2.24) is 9.97 Å². The maximum absolute atomic E-state index is 5.90. The van der Waals surface area contributed by atoms with Gasteiger partial charge in [-0.15, -0.1) is 0 Å². The molecule has 0 aromatic carbocycles. The molecular weight excluding hydrogens is 176 g/mol. The summed E-state index contributed by atoms with van der Waals surface area (Å²) >= 11 is 0. The van der Waals surface area contributed by atoms with Crippen LogP contribution < -0.4 is 11.1 Å². The third-order valence-corrected chi connectivity index (χ3v) is 2.61. The van der Waals surface area contributed by atoms with E-state index in [1.54, 1.807) is 12.4 Å². The molecular formula is C10H16N4. The van der Waals surface area contributed by atoms with Crippen LogP contribution in [0.2, 0.25) is 0 Å². The molecule has 4 heteroatoms. The van der Waals surface area contributed by atoms with Crippen LogP contribution in [0.25, 0.3) is 0 Å². The lowest BCUT2D eigenvalue weighted by molar-refractivity contribution is 0.408. The second-order valence-corrected chi connectivity index (χ2v) is 3.84. The number of hydrogen-bond acceptors (Lipinski definition) is 4. The van der Waals surface area contributed by atoms with Gasteiger partial charge in [-0.05, 0) is 31.7 Å². The van der Waals surface area contributed by atoms with Crippen molar-refractivity contribution in [3.63, 3.8) is 0 Å². The minimum atomic E-state index is 0.338. The Kier molecular flexibility index (Phi) is 2.93. The van der Waals surface area contributed by atoms with E-state index in [9.17, 15) is 0 Å². The zero-order valence-corrected chi connectivity index (χ0v) is 8.19. The van der Waals surface area contributed by atoms with Crippen LogP contribution in [0.15, 0.2) is 18.5 Å². The third kappa shape index (κ3) is 2.42. The zero-order chi connectivity index (χ0) is 9.80. The molecule has 0 radical (unpaired) electrons. The van der Waals surface area contributed by atoms with E-state index >= 15 is 0 Å². The van der Waals surface area contributed by atoms with E-state index in [0.29, 0.717) is 18.0 Å². The van der Waals surface area contributed by atoms with Gasteiger partial charge in [0.25, 0.3) is 0 Å². The van der Waals surface area contributed by atoms with E-state index in [0.717, 1.165) is 12.8 Å². The second kappa shape index (κ2) is 4.37. The molecule has 1 aromatic heterocycles. The third-order valence-electron chi connectivity index (χ3n) is 2.61. The van der Waals surface area contributed by atoms with Crippen molar-refractivity contribution >= 4 is 5.95 Å². The molecule has 1 aliphatic rings. The van der Waals surface area contributed by atoms with Crippen molar-refractivity contribution in [3.8, 4) is 0 Å². The van der Waals surface area contributed by atoms with Gasteiger partial charge in [0.1, 0.15) is 0 Å². The Hall–Kier alpha value is -1.16. The normalized spacial score (nSPS) is 27.2. The van der Waals surface area contributed by atoms with Crippen LogP contribution in [0, 0.1) is 0 Å². The van der Waals surface area contributed by atoms with E-state index in [1.807, 2.05) is 6.07 Å². The van der Waals surface area contributed by atoms with Crippen LogP contribution in [-0.4, -0.2) is 22.1 Å². The maximum Gasteiger partial charge on any atom is 0.222 e. The zero-order valence-electron chi connectivity index (χ0n) is 8.19. The predicted octanol–water partition coefficient (Wildman–Crippen LogP) is 1.16. The fraction of sp³-hybridized carbons (Fsp3) is 0.600. The van der Waals surface area contributed by atoms with Gasteiger partial charge in [-0.2, -0.15) is 0 Å². The minimum Gasteiger partial charge on any atom is -0.351 e. The lowest BCUT2D eigenvalue weighted by Crippen LogP contribution is -2.35. The van der Waals surface area contributed by atoms with E-state index in [1.165, 1.54) is 12.8 Å². The number of anilines is 1. The maximum atomic E-state index is 5.90. The number of hydrogen-bond donors (Lipinski definition) is 2. The standard InChI is InChI=1S/C10H16N4/c11-8-3-1-4-9(7-8)14-10-12-5-2-6-13-10/h2,5-6,8-9H,1,3-4,7,11H2,(H,12,13,14). The van der Waals surface area contributed by atoms with Crippen molar-refractivity contribution in [2.75, 3.05) is 5.32 Å². The molecule has 14 heavy (non-hydrogen) atoms. The van der Waals surface area contributed by atoms with Crippen LogP contribution in [0.5, 0.6) is 0 Å². The summed E-state index contributed by atoms with van der Waals surface area (Å²) in [6, 6.07) is 2.60. The molecule has 1 saturated carbocycles. The molecule has 1 fully saturated rings. The molecule has 0 saturated heterocycles. The van der Waals surface area contributed by atoms with E-state index in [2.05, 4.69) is 15.3 Å². The summed E-state index contributed by atoms with van der Waals surface area (Å²) < 4.78 is 0. The highest BCUT2D eigenvalue weighted by atomic mass is 15.1. The van der Waals surface area contributed by atoms with Gasteiger partial charge in [-0.25, -0.2) is 9.97 Å². The van der Waals surface area contributed by atoms with Crippen LogP contribution in [0.3, 0.4) is 0 Å². The van der Waals surface area contributed by atoms with Gasteiger partial charge in [-0.1, -0.05) is 0 Å². The van der Waals surface area contributed by atoms with Gasteiger partial charge < -0.3 is 11.1 Å². The molecule has 76 valence electrons. The average Bonchev–Trinajstić information content (AvgIpc) is 2.19. The average molecular weight is 192 g/mol. The minimum absolute atomic E-state index is 0.338. The molecule has 2 unspecified atom stereocenters. The highest BCUT2D eigenvalue weighted by Crippen LogP contribution is 2.19. The fourth-order valence-corrected chi connectivity index (χ4v) is 1.91. The Morgan fingerprint density at radius 2 is 2.07 bits per heavy atom. The largest absolute Gasteiger partial charge is 0.351 e. The molecule has 0 spiro atoms. The smallest absolute Gasteiger partial charge is 0.222 e. The first kappa shape index (κ1) is 9.40. The number of rotatable bonds is 2. The van der Waals surface area contributed by atoms with Gasteiger partial charge in [0, 0.05) is 24.5 Å². The second-order valence-electron chi connectivity index (χ2n) is 3.84. The number of nitrogens with two attached hydrogens (primary N) is 1. The van der Waals surface area contributed by atoms with Crippen LogP contribution in [-0.2, 0) is 0 Å². The van der Waals surface area contributed by atoms with Crippen LogP contribution >= 0.6 is 0 Å². The Morgan fingerprint density at radius 3 is 2.79 bits per heavy atom. The van der Waals surface area contributed by atoms with Gasteiger partial charge in [0.15, 0.2) is 0 Å². The highest BCUT2D eigenvalue weighted by Gasteiger charge is 2.19. The molecule has 1 aromatic rings. The molecule has 0 amide bonds. The van der Waals surface area contributed by atoms with Gasteiger partial charge in [0.05, 0.1) is 0 Å². The van der Waals surface area contributed by atoms with Crippen molar-refractivity contribution in [2.24, 2.45) is 5.73 Å². The topological polar surface area (TPSA) is 63.8 Å². The van der Waals surface area contributed by atoms with Crippen molar-refractivity contribution < 1.29 is 0 Å². The molecule has 1 heterocycles. The number of aromatic nitrogens is 2. The predicted molar refractivity (Wildman–Crippen MR) is 55.9 cm³/mol. The van der Waals surface area contributed by atoms with E-state index in [4.69, 9.17) is 5.73 Å². The molecule has 2 rings (SSSR count). The fourth-order valence-electron chi connectivity index (χ4n) is 1.91. The van der Waals surface area contributed by atoms with Gasteiger partial charge >= 0.3 is 0 Å². The summed E-state index contributed by atoms with van der Waals surface area (Å²) in [6.45, 7) is 0. The van der Waals surface area contributed by atoms with Gasteiger partial charge in [-0.3, -0.25) is 0 Å². The summed E-state index contributed by atoms with van der Waals surface area (Å²) in [7, 11) is 0. The first-order valence-corrected chi connectivity index (χ1v) is 5.14. The lowest BCUT2D eigenvalue weighted by atomic mass is 9.92. The number of nitrogens with one attached hydrogen (secondary N) is 1. The monoisotopic (exact) mass is 192 g/mol. The van der Waals surface area contributed by atoms with Gasteiger partial charge in [0.2, 0.25) is 5.95 Å². The summed E-state index contributed by atoms with van der Waals surface area (Å²) in [5.41, 5.74) is 5.90. The number of nitrogens with zero attached hydrogens (tertiary/aromatic N) is 2. The summed E-state index contributed by atoms with van der Waals surface area (Å²) in [4.78, 5) is 8.27. The van der Waals surface area contributed by atoms with Crippen molar-refractivity contribution in [1.29, 1.82) is 0 Å². The molecule has 4 nitrogen and oxygen atoms in total.